The van der Waals surface area contributed by atoms with Crippen LogP contribution < -0.4 is 11.1 Å². The maximum atomic E-state index is 13.0. The lowest BCUT2D eigenvalue weighted by atomic mass is 9.98. The number of nitrogens with two attached hydrogens (primary N) is 1. The molecule has 0 bridgehead atoms. The van der Waals surface area contributed by atoms with Crippen LogP contribution in [0.25, 0.3) is 11.1 Å². The van der Waals surface area contributed by atoms with Gasteiger partial charge in [-0.25, -0.2) is 4.39 Å². The van der Waals surface area contributed by atoms with Crippen LogP contribution in [0, 0.1) is 5.82 Å². The fourth-order valence-electron chi connectivity index (χ4n) is 2.47. The molecular formula is C18H21FN4O3. The van der Waals surface area contributed by atoms with E-state index < -0.39 is 5.92 Å². The predicted octanol–water partition coefficient (Wildman–Crippen LogP) is 1.25. The number of aromatic nitrogens is 2. The third-order valence-corrected chi connectivity index (χ3v) is 3.81. The average molecular weight is 360 g/mol. The molecule has 1 aromatic heterocycles. The molecule has 26 heavy (non-hydrogen) atoms. The van der Waals surface area contributed by atoms with Gasteiger partial charge in [0.25, 0.3) is 0 Å². The third-order valence-electron chi connectivity index (χ3n) is 3.81. The summed E-state index contributed by atoms with van der Waals surface area (Å²) < 4.78 is 13.0. The standard InChI is InChI=1S/C18H17FN4O.2H2O/c19-15-5-1-13(2-6-15)17(9-20)18(24)23-16-7-3-12(4-8-16)14-10-21-22-11-14;;/h1-8,10-11,17H,9,20H2,(H,21,22)(H,23,24);2*1H2. The Morgan fingerprint density at radius 1 is 1.08 bits per heavy atom. The number of carbonyl (C=O) groups excluding carboxylic acids is 1. The molecule has 1 amide bonds. The summed E-state index contributed by atoms with van der Waals surface area (Å²) in [6.45, 7) is 0.143. The molecule has 1 atom stereocenters. The Balaban J connectivity index is 0.00000169. The number of amides is 1. The van der Waals surface area contributed by atoms with E-state index in [-0.39, 0.29) is 29.2 Å². The van der Waals surface area contributed by atoms with E-state index in [2.05, 4.69) is 15.5 Å². The molecule has 0 saturated heterocycles. The monoisotopic (exact) mass is 360 g/mol. The Morgan fingerprint density at radius 2 is 1.73 bits per heavy atom. The van der Waals surface area contributed by atoms with Crippen molar-refractivity contribution in [2.75, 3.05) is 11.9 Å². The zero-order valence-corrected chi connectivity index (χ0v) is 13.9. The molecular weight excluding hydrogens is 339 g/mol. The second-order valence-electron chi connectivity index (χ2n) is 5.39. The second kappa shape index (κ2) is 9.42. The van der Waals surface area contributed by atoms with E-state index in [0.29, 0.717) is 11.3 Å². The Kier molecular flexibility index (Phi) is 7.60. The Labute approximate surface area is 149 Å². The van der Waals surface area contributed by atoms with Gasteiger partial charge < -0.3 is 22.0 Å². The van der Waals surface area contributed by atoms with Gasteiger partial charge in [-0.1, -0.05) is 24.3 Å². The van der Waals surface area contributed by atoms with Gasteiger partial charge >= 0.3 is 0 Å². The fraction of sp³-hybridized carbons (Fsp3) is 0.111. The molecule has 8 heteroatoms. The van der Waals surface area contributed by atoms with Crippen molar-refractivity contribution in [3.05, 3.63) is 72.3 Å². The number of nitrogens with zero attached hydrogens (tertiary/aromatic N) is 1. The van der Waals surface area contributed by atoms with E-state index in [4.69, 9.17) is 5.73 Å². The number of rotatable bonds is 5. The highest BCUT2D eigenvalue weighted by molar-refractivity contribution is 5.96. The van der Waals surface area contributed by atoms with Gasteiger partial charge in [-0.3, -0.25) is 9.89 Å². The molecule has 0 saturated carbocycles. The quantitative estimate of drug-likeness (QED) is 0.629. The van der Waals surface area contributed by atoms with E-state index >= 15 is 0 Å². The van der Waals surface area contributed by atoms with Gasteiger partial charge in [-0.2, -0.15) is 5.10 Å². The molecule has 2 aromatic carbocycles. The lowest BCUT2D eigenvalue weighted by Gasteiger charge is -2.15. The maximum absolute atomic E-state index is 13.0. The number of H-pyrrole nitrogens is 1. The van der Waals surface area contributed by atoms with Crippen LogP contribution in [0.15, 0.2) is 60.9 Å². The summed E-state index contributed by atoms with van der Waals surface area (Å²) in [5.74, 6) is -1.09. The van der Waals surface area contributed by atoms with Crippen LogP contribution in [0.2, 0.25) is 0 Å². The summed E-state index contributed by atoms with van der Waals surface area (Å²) in [5, 5.41) is 9.51. The number of anilines is 1. The number of hydrogen-bond acceptors (Lipinski definition) is 3. The molecule has 0 radical (unpaired) electrons. The molecule has 0 aliphatic heterocycles. The second-order valence-corrected chi connectivity index (χ2v) is 5.39. The number of hydrogen-bond donors (Lipinski definition) is 3. The minimum absolute atomic E-state index is 0. The van der Waals surface area contributed by atoms with Gasteiger partial charge in [0.2, 0.25) is 5.91 Å². The van der Waals surface area contributed by atoms with Gasteiger partial charge in [0.15, 0.2) is 0 Å². The van der Waals surface area contributed by atoms with E-state index in [1.54, 1.807) is 24.5 Å². The highest BCUT2D eigenvalue weighted by Gasteiger charge is 2.19. The number of aromatic amines is 1. The molecule has 138 valence electrons. The van der Waals surface area contributed by atoms with Crippen molar-refractivity contribution in [2.45, 2.75) is 5.92 Å². The summed E-state index contributed by atoms with van der Waals surface area (Å²) in [6.07, 6.45) is 3.53. The fourth-order valence-corrected chi connectivity index (χ4v) is 2.47. The number of benzene rings is 2. The molecule has 0 aliphatic rings. The van der Waals surface area contributed by atoms with Crippen molar-refractivity contribution in [3.63, 3.8) is 0 Å². The van der Waals surface area contributed by atoms with Gasteiger partial charge in [-0.05, 0) is 35.4 Å². The van der Waals surface area contributed by atoms with E-state index in [1.807, 2.05) is 24.3 Å². The number of carbonyl (C=O) groups is 1. The Bertz CT molecular complexity index is 805. The number of halogens is 1. The highest BCUT2D eigenvalue weighted by Crippen LogP contribution is 2.22. The molecule has 1 unspecified atom stereocenters. The van der Waals surface area contributed by atoms with Crippen molar-refractivity contribution in [3.8, 4) is 11.1 Å². The topological polar surface area (TPSA) is 147 Å². The maximum Gasteiger partial charge on any atom is 0.233 e. The smallest absolute Gasteiger partial charge is 0.233 e. The summed E-state index contributed by atoms with van der Waals surface area (Å²) in [5.41, 5.74) is 9.05. The first kappa shape index (κ1) is 21.0. The van der Waals surface area contributed by atoms with Gasteiger partial charge in [0, 0.05) is 24.0 Å². The zero-order chi connectivity index (χ0) is 16.9. The van der Waals surface area contributed by atoms with E-state index in [0.717, 1.165) is 11.1 Å². The van der Waals surface area contributed by atoms with Crippen molar-refractivity contribution < 1.29 is 20.1 Å². The van der Waals surface area contributed by atoms with Gasteiger partial charge in [0.05, 0.1) is 12.1 Å². The van der Waals surface area contributed by atoms with Crippen LogP contribution in [0.3, 0.4) is 0 Å². The van der Waals surface area contributed by atoms with Crippen LogP contribution in [-0.4, -0.2) is 33.6 Å². The van der Waals surface area contributed by atoms with Crippen LogP contribution >= 0.6 is 0 Å². The summed E-state index contributed by atoms with van der Waals surface area (Å²) in [7, 11) is 0. The normalized spacial score (nSPS) is 11.0. The number of nitrogens with one attached hydrogen (secondary N) is 2. The van der Waals surface area contributed by atoms with Gasteiger partial charge in [-0.15, -0.1) is 0 Å². The predicted molar refractivity (Wildman–Crippen MR) is 98.1 cm³/mol. The molecule has 3 rings (SSSR count). The summed E-state index contributed by atoms with van der Waals surface area (Å²) in [4.78, 5) is 12.4. The van der Waals surface area contributed by atoms with Crippen LogP contribution in [0.4, 0.5) is 10.1 Å². The first-order valence-corrected chi connectivity index (χ1v) is 7.53. The lowest BCUT2D eigenvalue weighted by molar-refractivity contribution is -0.117. The Morgan fingerprint density at radius 3 is 2.27 bits per heavy atom. The van der Waals surface area contributed by atoms with Crippen LogP contribution in [-0.2, 0) is 4.79 Å². The van der Waals surface area contributed by atoms with Crippen molar-refractivity contribution in [1.82, 2.24) is 10.2 Å². The molecule has 0 spiro atoms. The average Bonchev–Trinajstić information content (AvgIpc) is 3.12. The minimum atomic E-state index is -0.529. The van der Waals surface area contributed by atoms with Crippen molar-refractivity contribution in [1.29, 1.82) is 0 Å². The first-order chi connectivity index (χ1) is 11.7. The summed E-state index contributed by atoms with van der Waals surface area (Å²) in [6, 6.07) is 13.2. The SMILES string of the molecule is NCC(C(=O)Nc1ccc(-c2cn[nH]c2)cc1)c1ccc(F)cc1.O.O. The molecule has 0 fully saturated rings. The summed E-state index contributed by atoms with van der Waals surface area (Å²) >= 11 is 0. The molecule has 8 N–H and O–H groups in total. The van der Waals surface area contributed by atoms with E-state index in [9.17, 15) is 9.18 Å². The molecule has 0 aliphatic carbocycles. The molecule has 7 nitrogen and oxygen atoms in total. The van der Waals surface area contributed by atoms with Crippen molar-refractivity contribution in [2.24, 2.45) is 5.73 Å². The third kappa shape index (κ3) is 4.73. The zero-order valence-electron chi connectivity index (χ0n) is 13.9. The molecule has 1 heterocycles. The highest BCUT2D eigenvalue weighted by atomic mass is 19.1. The minimum Gasteiger partial charge on any atom is -0.412 e. The van der Waals surface area contributed by atoms with Crippen LogP contribution in [0.1, 0.15) is 11.5 Å². The lowest BCUT2D eigenvalue weighted by Crippen LogP contribution is -2.27. The first-order valence-electron chi connectivity index (χ1n) is 7.53. The Hall–Kier alpha value is -3.07. The molecule has 3 aromatic rings. The van der Waals surface area contributed by atoms with Crippen molar-refractivity contribution >= 4 is 11.6 Å². The van der Waals surface area contributed by atoms with Gasteiger partial charge in [0.1, 0.15) is 5.82 Å². The van der Waals surface area contributed by atoms with E-state index in [1.165, 1.54) is 12.1 Å². The largest absolute Gasteiger partial charge is 0.412 e. The van der Waals surface area contributed by atoms with Crippen LogP contribution in [0.5, 0.6) is 0 Å².